The number of hydrogen-bond acceptors (Lipinski definition) is 0. The van der Waals surface area contributed by atoms with Gasteiger partial charge in [0.1, 0.15) is 0 Å². The molecule has 0 aliphatic heterocycles. The molecule has 0 aliphatic rings. The van der Waals surface area contributed by atoms with Crippen molar-refractivity contribution in [2.45, 2.75) is 26.2 Å². The summed E-state index contributed by atoms with van der Waals surface area (Å²) in [4.78, 5) is 0. The van der Waals surface area contributed by atoms with Crippen molar-refractivity contribution in [1.29, 1.82) is 0 Å². The third kappa shape index (κ3) is 2.89. The molecule has 0 radical (unpaired) electrons. The molecule has 0 unspecified atom stereocenters. The number of allylic oxidation sites excluding steroid dienone is 1. The molecule has 18 heavy (non-hydrogen) atoms. The van der Waals surface area contributed by atoms with E-state index in [1.165, 1.54) is 16.7 Å². The van der Waals surface area contributed by atoms with Crippen molar-refractivity contribution >= 4 is 6.08 Å². The van der Waals surface area contributed by atoms with E-state index in [0.29, 0.717) is 0 Å². The Morgan fingerprint density at radius 2 is 1.44 bits per heavy atom. The molecule has 0 aliphatic carbocycles. The van der Waals surface area contributed by atoms with Crippen molar-refractivity contribution in [3.8, 4) is 0 Å². The zero-order chi connectivity index (χ0) is 13.0. The Labute approximate surface area is 110 Å². The number of rotatable bonds is 3. The molecule has 2 aromatic carbocycles. The molecule has 0 spiro atoms. The van der Waals surface area contributed by atoms with Gasteiger partial charge in [-0.2, -0.15) is 0 Å². The van der Waals surface area contributed by atoms with E-state index in [0.717, 1.165) is 0 Å². The maximum Gasteiger partial charge on any atom is 0.00786 e. The van der Waals surface area contributed by atoms with Gasteiger partial charge in [0, 0.05) is 5.41 Å². The van der Waals surface area contributed by atoms with Crippen LogP contribution in [0, 0.1) is 6.92 Å². The fraction of sp³-hybridized carbons (Fsp3) is 0.222. The van der Waals surface area contributed by atoms with Crippen molar-refractivity contribution in [1.82, 2.24) is 0 Å². The van der Waals surface area contributed by atoms with Crippen LogP contribution < -0.4 is 0 Å². The monoisotopic (exact) mass is 236 g/mol. The number of benzene rings is 2. The van der Waals surface area contributed by atoms with E-state index >= 15 is 0 Å². The number of hydrogen-bond donors (Lipinski definition) is 0. The first-order chi connectivity index (χ1) is 8.59. The quantitative estimate of drug-likeness (QED) is 0.704. The summed E-state index contributed by atoms with van der Waals surface area (Å²) in [5.41, 5.74) is 4.01. The van der Waals surface area contributed by atoms with Gasteiger partial charge in [-0.3, -0.25) is 0 Å². The Morgan fingerprint density at radius 1 is 0.833 bits per heavy atom. The minimum absolute atomic E-state index is 0.0591. The molecule has 2 aromatic rings. The summed E-state index contributed by atoms with van der Waals surface area (Å²) in [6, 6.07) is 19.1. The summed E-state index contributed by atoms with van der Waals surface area (Å²) in [6.07, 6.45) is 4.51. The van der Waals surface area contributed by atoms with Gasteiger partial charge >= 0.3 is 0 Å². The Balaban J connectivity index is 2.26. The molecule has 0 aromatic heterocycles. The van der Waals surface area contributed by atoms with Crippen LogP contribution in [-0.2, 0) is 5.41 Å². The van der Waals surface area contributed by atoms with E-state index in [2.05, 4.69) is 87.5 Å². The van der Waals surface area contributed by atoms with E-state index in [1.54, 1.807) is 0 Å². The van der Waals surface area contributed by atoms with Crippen LogP contribution in [0.25, 0.3) is 6.08 Å². The maximum atomic E-state index is 2.28. The van der Waals surface area contributed by atoms with Gasteiger partial charge in [-0.05, 0) is 23.6 Å². The summed E-state index contributed by atoms with van der Waals surface area (Å²) in [6.45, 7) is 6.64. The lowest BCUT2D eigenvalue weighted by Gasteiger charge is -2.21. The summed E-state index contributed by atoms with van der Waals surface area (Å²) in [5, 5.41) is 0. The highest BCUT2D eigenvalue weighted by molar-refractivity contribution is 5.55. The topological polar surface area (TPSA) is 0 Å². The molecule has 0 atom stereocenters. The lowest BCUT2D eigenvalue weighted by molar-refractivity contribution is 0.673. The lowest BCUT2D eigenvalue weighted by Crippen LogP contribution is -2.12. The van der Waals surface area contributed by atoms with Crippen LogP contribution in [0.4, 0.5) is 0 Å². The Morgan fingerprint density at radius 3 is 2.11 bits per heavy atom. The van der Waals surface area contributed by atoms with Gasteiger partial charge in [0.15, 0.2) is 0 Å². The van der Waals surface area contributed by atoms with Crippen molar-refractivity contribution in [2.24, 2.45) is 0 Å². The fourth-order valence-electron chi connectivity index (χ4n) is 2.04. The van der Waals surface area contributed by atoms with Crippen LogP contribution in [0.5, 0.6) is 0 Å². The van der Waals surface area contributed by atoms with Crippen molar-refractivity contribution in [3.05, 3.63) is 77.4 Å². The van der Waals surface area contributed by atoms with Gasteiger partial charge < -0.3 is 0 Å². The summed E-state index contributed by atoms with van der Waals surface area (Å²) < 4.78 is 0. The van der Waals surface area contributed by atoms with Crippen molar-refractivity contribution in [3.63, 3.8) is 0 Å². The maximum absolute atomic E-state index is 2.28. The largest absolute Gasteiger partial charge is 0.0739 e. The zero-order valence-corrected chi connectivity index (χ0v) is 11.4. The zero-order valence-electron chi connectivity index (χ0n) is 11.4. The normalized spacial score (nSPS) is 11.9. The Hall–Kier alpha value is -1.82. The summed E-state index contributed by atoms with van der Waals surface area (Å²) >= 11 is 0. The van der Waals surface area contributed by atoms with Crippen LogP contribution >= 0.6 is 0 Å². The molecule has 0 amide bonds. The van der Waals surface area contributed by atoms with Crippen LogP contribution in [0.3, 0.4) is 0 Å². The van der Waals surface area contributed by atoms with E-state index in [4.69, 9.17) is 0 Å². The van der Waals surface area contributed by atoms with Crippen molar-refractivity contribution < 1.29 is 0 Å². The van der Waals surface area contributed by atoms with E-state index in [9.17, 15) is 0 Å². The second-order valence-corrected chi connectivity index (χ2v) is 5.28. The summed E-state index contributed by atoms with van der Waals surface area (Å²) in [7, 11) is 0. The minimum atomic E-state index is 0.0591. The predicted molar refractivity (Wildman–Crippen MR) is 79.7 cm³/mol. The van der Waals surface area contributed by atoms with Gasteiger partial charge in [0.05, 0.1) is 0 Å². The fourth-order valence-corrected chi connectivity index (χ4v) is 2.04. The minimum Gasteiger partial charge on any atom is -0.0739 e. The molecule has 0 heteroatoms. The average molecular weight is 236 g/mol. The van der Waals surface area contributed by atoms with E-state index < -0.39 is 0 Å². The molecular weight excluding hydrogens is 216 g/mol. The molecule has 0 heterocycles. The van der Waals surface area contributed by atoms with Crippen LogP contribution in [0.1, 0.15) is 30.5 Å². The first-order valence-electron chi connectivity index (χ1n) is 6.40. The van der Waals surface area contributed by atoms with Crippen molar-refractivity contribution in [2.75, 3.05) is 0 Å². The first-order valence-corrected chi connectivity index (χ1v) is 6.40. The second kappa shape index (κ2) is 5.22. The van der Waals surface area contributed by atoms with Crippen LogP contribution in [0.2, 0.25) is 0 Å². The highest BCUT2D eigenvalue weighted by atomic mass is 14.2. The average Bonchev–Trinajstić information content (AvgIpc) is 2.39. The highest BCUT2D eigenvalue weighted by Crippen LogP contribution is 2.25. The molecule has 0 fully saturated rings. The molecule has 0 N–H and O–H groups in total. The molecule has 0 saturated heterocycles. The van der Waals surface area contributed by atoms with Crippen LogP contribution in [-0.4, -0.2) is 0 Å². The highest BCUT2D eigenvalue weighted by Gasteiger charge is 2.15. The Kier molecular flexibility index (Phi) is 3.66. The Bertz CT molecular complexity index is 533. The lowest BCUT2D eigenvalue weighted by atomic mass is 9.84. The third-order valence-electron chi connectivity index (χ3n) is 3.39. The van der Waals surface area contributed by atoms with Crippen LogP contribution in [0.15, 0.2) is 60.7 Å². The van der Waals surface area contributed by atoms with Gasteiger partial charge in [-0.15, -0.1) is 0 Å². The summed E-state index contributed by atoms with van der Waals surface area (Å²) in [5.74, 6) is 0. The molecule has 0 saturated carbocycles. The second-order valence-electron chi connectivity index (χ2n) is 5.28. The predicted octanol–water partition coefficient (Wildman–Crippen LogP) is 4.99. The van der Waals surface area contributed by atoms with Gasteiger partial charge in [0.25, 0.3) is 0 Å². The molecule has 92 valence electrons. The molecule has 0 bridgehead atoms. The molecular formula is C18H20. The third-order valence-corrected chi connectivity index (χ3v) is 3.39. The number of aryl methyl sites for hydroxylation is 1. The standard InChI is InChI=1S/C18H20/c1-15-9-7-8-10-16(15)13-14-18(2,3)17-11-5-4-6-12-17/h4-14H,1-3H3. The first kappa shape index (κ1) is 12.6. The molecule has 2 rings (SSSR count). The molecule has 0 nitrogen and oxygen atoms in total. The van der Waals surface area contributed by atoms with Gasteiger partial charge in [-0.1, -0.05) is 80.6 Å². The van der Waals surface area contributed by atoms with E-state index in [-0.39, 0.29) is 5.41 Å². The SMILES string of the molecule is Cc1ccccc1C=CC(C)(C)c1ccccc1. The van der Waals surface area contributed by atoms with E-state index in [1.807, 2.05) is 0 Å². The van der Waals surface area contributed by atoms with Gasteiger partial charge in [0.2, 0.25) is 0 Å². The van der Waals surface area contributed by atoms with Gasteiger partial charge in [-0.25, -0.2) is 0 Å². The smallest absolute Gasteiger partial charge is 0.00786 e.